The Morgan fingerprint density at radius 2 is 2.28 bits per heavy atom. The molecular formula is C13H14BrFN2S. The molecule has 5 heteroatoms. The summed E-state index contributed by atoms with van der Waals surface area (Å²) < 4.78 is 14.6. The van der Waals surface area contributed by atoms with E-state index in [2.05, 4.69) is 26.2 Å². The highest BCUT2D eigenvalue weighted by Crippen LogP contribution is 2.22. The third-order valence-electron chi connectivity index (χ3n) is 2.84. The fraction of sp³-hybridized carbons (Fsp3) is 0.308. The van der Waals surface area contributed by atoms with Crippen LogP contribution in [-0.2, 0) is 6.54 Å². The van der Waals surface area contributed by atoms with E-state index in [-0.39, 0.29) is 11.9 Å². The average molecular weight is 329 g/mol. The van der Waals surface area contributed by atoms with Crippen molar-refractivity contribution < 1.29 is 4.39 Å². The summed E-state index contributed by atoms with van der Waals surface area (Å²) >= 11 is 4.98. The minimum atomic E-state index is -0.181. The van der Waals surface area contributed by atoms with Crippen molar-refractivity contribution in [2.75, 3.05) is 0 Å². The third-order valence-corrected chi connectivity index (χ3v) is 4.27. The van der Waals surface area contributed by atoms with Crippen molar-refractivity contribution in [2.45, 2.75) is 26.4 Å². The van der Waals surface area contributed by atoms with Crippen molar-refractivity contribution in [3.63, 3.8) is 0 Å². The molecule has 1 N–H and O–H groups in total. The Morgan fingerprint density at radius 3 is 2.94 bits per heavy atom. The van der Waals surface area contributed by atoms with Crippen LogP contribution in [0.15, 0.2) is 28.2 Å². The van der Waals surface area contributed by atoms with Crippen molar-refractivity contribution in [3.05, 3.63) is 50.1 Å². The second-order valence-electron chi connectivity index (χ2n) is 4.13. The fourth-order valence-corrected chi connectivity index (χ4v) is 2.80. The molecule has 2 nitrogen and oxygen atoms in total. The lowest BCUT2D eigenvalue weighted by Crippen LogP contribution is -2.19. The number of halogens is 2. The Labute approximate surface area is 118 Å². The summed E-state index contributed by atoms with van der Waals surface area (Å²) in [6, 6.07) is 4.96. The minimum absolute atomic E-state index is 0.0380. The SMILES string of the molecule is Cc1ncsc1CN[C@H](C)c1cc(Br)ccc1F. The molecule has 0 aliphatic rings. The van der Waals surface area contributed by atoms with E-state index < -0.39 is 0 Å². The van der Waals surface area contributed by atoms with E-state index in [1.54, 1.807) is 17.4 Å². The predicted molar refractivity (Wildman–Crippen MR) is 76.2 cm³/mol. The quantitative estimate of drug-likeness (QED) is 0.909. The molecule has 1 aromatic heterocycles. The van der Waals surface area contributed by atoms with Gasteiger partial charge in [-0.05, 0) is 32.0 Å². The molecule has 0 saturated carbocycles. The van der Waals surface area contributed by atoms with E-state index in [1.165, 1.54) is 10.9 Å². The van der Waals surface area contributed by atoms with E-state index in [0.717, 1.165) is 10.2 Å². The number of aryl methyl sites for hydroxylation is 1. The summed E-state index contributed by atoms with van der Waals surface area (Å²) in [5.74, 6) is -0.181. The number of thiazole rings is 1. The van der Waals surface area contributed by atoms with Crippen LogP contribution in [0.3, 0.4) is 0 Å². The number of aromatic nitrogens is 1. The van der Waals surface area contributed by atoms with Gasteiger partial charge in [-0.3, -0.25) is 0 Å². The molecule has 1 atom stereocenters. The largest absolute Gasteiger partial charge is 0.305 e. The first kappa shape index (κ1) is 13.6. The number of nitrogens with zero attached hydrogens (tertiary/aromatic N) is 1. The Hall–Kier alpha value is -0.780. The highest BCUT2D eigenvalue weighted by molar-refractivity contribution is 9.10. The van der Waals surface area contributed by atoms with Crippen molar-refractivity contribution in [2.24, 2.45) is 0 Å². The van der Waals surface area contributed by atoms with Crippen LogP contribution in [-0.4, -0.2) is 4.98 Å². The van der Waals surface area contributed by atoms with Gasteiger partial charge in [0.25, 0.3) is 0 Å². The standard InChI is InChI=1S/C13H14BrFN2S/c1-8(11-5-10(14)3-4-12(11)15)16-6-13-9(2)17-7-18-13/h3-5,7-8,16H,6H2,1-2H3/t8-/m1/s1. The van der Waals surface area contributed by atoms with Crippen LogP contribution < -0.4 is 5.32 Å². The zero-order valence-electron chi connectivity index (χ0n) is 10.2. The van der Waals surface area contributed by atoms with Crippen LogP contribution in [0.2, 0.25) is 0 Å². The topological polar surface area (TPSA) is 24.9 Å². The molecule has 96 valence electrons. The summed E-state index contributed by atoms with van der Waals surface area (Å²) in [7, 11) is 0. The van der Waals surface area contributed by atoms with Gasteiger partial charge in [-0.2, -0.15) is 0 Å². The van der Waals surface area contributed by atoms with Gasteiger partial charge >= 0.3 is 0 Å². The smallest absolute Gasteiger partial charge is 0.128 e. The van der Waals surface area contributed by atoms with E-state index in [4.69, 9.17) is 0 Å². The van der Waals surface area contributed by atoms with Gasteiger partial charge in [0.15, 0.2) is 0 Å². The van der Waals surface area contributed by atoms with Gasteiger partial charge in [0, 0.05) is 27.5 Å². The minimum Gasteiger partial charge on any atom is -0.305 e. The number of hydrogen-bond donors (Lipinski definition) is 1. The summed E-state index contributed by atoms with van der Waals surface area (Å²) in [5.41, 5.74) is 3.54. The van der Waals surface area contributed by atoms with Gasteiger partial charge in [-0.25, -0.2) is 9.37 Å². The molecule has 2 rings (SSSR count). The fourth-order valence-electron chi connectivity index (χ4n) is 1.70. The van der Waals surface area contributed by atoms with Crippen molar-refractivity contribution in [1.29, 1.82) is 0 Å². The first-order valence-electron chi connectivity index (χ1n) is 5.65. The summed E-state index contributed by atoms with van der Waals surface area (Å²) in [5, 5.41) is 3.32. The van der Waals surface area contributed by atoms with Gasteiger partial charge in [-0.1, -0.05) is 15.9 Å². The molecule has 0 aliphatic heterocycles. The molecular weight excluding hydrogens is 315 g/mol. The second kappa shape index (κ2) is 5.91. The van der Waals surface area contributed by atoms with E-state index in [9.17, 15) is 4.39 Å². The van der Waals surface area contributed by atoms with E-state index in [0.29, 0.717) is 12.1 Å². The molecule has 0 spiro atoms. The Kier molecular flexibility index (Phi) is 4.48. The molecule has 0 fully saturated rings. The molecule has 0 unspecified atom stereocenters. The Morgan fingerprint density at radius 1 is 1.50 bits per heavy atom. The molecule has 2 aromatic rings. The van der Waals surface area contributed by atoms with Crippen LogP contribution in [0.1, 0.15) is 29.1 Å². The highest BCUT2D eigenvalue weighted by Gasteiger charge is 2.12. The second-order valence-corrected chi connectivity index (χ2v) is 5.98. The maximum absolute atomic E-state index is 13.7. The van der Waals surface area contributed by atoms with Crippen molar-refractivity contribution in [3.8, 4) is 0 Å². The highest BCUT2D eigenvalue weighted by atomic mass is 79.9. The van der Waals surface area contributed by atoms with Crippen molar-refractivity contribution >= 4 is 27.3 Å². The Bertz CT molecular complexity index is 542. The Balaban J connectivity index is 2.06. The van der Waals surface area contributed by atoms with Crippen LogP contribution in [0, 0.1) is 12.7 Å². The van der Waals surface area contributed by atoms with E-state index in [1.807, 2.05) is 25.4 Å². The number of nitrogens with one attached hydrogen (secondary N) is 1. The van der Waals surface area contributed by atoms with Crippen LogP contribution in [0.25, 0.3) is 0 Å². The molecule has 1 heterocycles. The normalized spacial score (nSPS) is 12.7. The maximum atomic E-state index is 13.7. The summed E-state index contributed by atoms with van der Waals surface area (Å²) in [6.07, 6.45) is 0. The lowest BCUT2D eigenvalue weighted by molar-refractivity contribution is 0.529. The van der Waals surface area contributed by atoms with Crippen molar-refractivity contribution in [1.82, 2.24) is 10.3 Å². The first-order chi connectivity index (χ1) is 8.58. The van der Waals surface area contributed by atoms with Gasteiger partial charge < -0.3 is 5.32 Å². The van der Waals surface area contributed by atoms with Gasteiger partial charge in [0.2, 0.25) is 0 Å². The molecule has 1 aromatic carbocycles. The zero-order chi connectivity index (χ0) is 13.1. The number of benzene rings is 1. The lowest BCUT2D eigenvalue weighted by Gasteiger charge is -2.15. The van der Waals surface area contributed by atoms with Crippen LogP contribution in [0.5, 0.6) is 0 Å². The lowest BCUT2D eigenvalue weighted by atomic mass is 10.1. The van der Waals surface area contributed by atoms with Crippen LogP contribution in [0.4, 0.5) is 4.39 Å². The average Bonchev–Trinajstić information content (AvgIpc) is 2.75. The zero-order valence-corrected chi connectivity index (χ0v) is 12.6. The van der Waals surface area contributed by atoms with Gasteiger partial charge in [0.1, 0.15) is 5.82 Å². The monoisotopic (exact) mass is 328 g/mol. The summed E-state index contributed by atoms with van der Waals surface area (Å²) in [6.45, 7) is 4.66. The number of hydrogen-bond acceptors (Lipinski definition) is 3. The van der Waals surface area contributed by atoms with Gasteiger partial charge in [-0.15, -0.1) is 11.3 Å². The van der Waals surface area contributed by atoms with E-state index >= 15 is 0 Å². The summed E-state index contributed by atoms with van der Waals surface area (Å²) in [4.78, 5) is 5.39. The number of rotatable bonds is 4. The van der Waals surface area contributed by atoms with Gasteiger partial charge in [0.05, 0.1) is 11.2 Å². The molecule has 0 radical (unpaired) electrons. The predicted octanol–water partition coefficient (Wildman–Crippen LogP) is 4.20. The molecule has 0 amide bonds. The molecule has 0 saturated heterocycles. The molecule has 0 aliphatic carbocycles. The third kappa shape index (κ3) is 3.16. The first-order valence-corrected chi connectivity index (χ1v) is 7.32. The maximum Gasteiger partial charge on any atom is 0.128 e. The molecule has 18 heavy (non-hydrogen) atoms. The molecule has 0 bridgehead atoms. The van der Waals surface area contributed by atoms with Crippen LogP contribution >= 0.6 is 27.3 Å².